The molecule has 0 bridgehead atoms. The quantitative estimate of drug-likeness (QED) is 0.867. The maximum atomic E-state index is 12.5. The summed E-state index contributed by atoms with van der Waals surface area (Å²) in [5.74, 6) is 2.38. The maximum absolute atomic E-state index is 12.5. The molecule has 122 valence electrons. The van der Waals surface area contributed by atoms with Gasteiger partial charge in [0.25, 0.3) is 5.91 Å². The van der Waals surface area contributed by atoms with Gasteiger partial charge in [0.2, 0.25) is 0 Å². The zero-order chi connectivity index (χ0) is 16.4. The van der Waals surface area contributed by atoms with Gasteiger partial charge < -0.3 is 18.9 Å². The molecule has 1 amide bonds. The van der Waals surface area contributed by atoms with Crippen molar-refractivity contribution in [2.75, 3.05) is 27.3 Å². The van der Waals surface area contributed by atoms with Gasteiger partial charge in [-0.3, -0.25) is 4.79 Å². The first kappa shape index (κ1) is 15.4. The van der Waals surface area contributed by atoms with Gasteiger partial charge in [-0.2, -0.15) is 0 Å². The molecule has 6 nitrogen and oxygen atoms in total. The van der Waals surface area contributed by atoms with Gasteiger partial charge in [-0.25, -0.2) is 0 Å². The summed E-state index contributed by atoms with van der Waals surface area (Å²) in [5, 5.41) is 3.81. The van der Waals surface area contributed by atoms with E-state index in [9.17, 15) is 4.79 Å². The lowest BCUT2D eigenvalue weighted by Gasteiger charge is -2.17. The Morgan fingerprint density at radius 3 is 2.78 bits per heavy atom. The fraction of sp³-hybridized carbons (Fsp3) is 0.412. The molecule has 1 fully saturated rings. The second-order valence-corrected chi connectivity index (χ2v) is 5.67. The van der Waals surface area contributed by atoms with Crippen molar-refractivity contribution in [2.24, 2.45) is 0 Å². The Morgan fingerprint density at radius 2 is 2.13 bits per heavy atom. The molecule has 3 rings (SSSR count). The monoisotopic (exact) mass is 316 g/mol. The minimum atomic E-state index is -0.0915. The Morgan fingerprint density at radius 1 is 1.30 bits per heavy atom. The fourth-order valence-corrected chi connectivity index (χ4v) is 2.99. The predicted molar refractivity (Wildman–Crippen MR) is 84.0 cm³/mol. The molecule has 1 atom stereocenters. The molecular formula is C17H20N2O4. The summed E-state index contributed by atoms with van der Waals surface area (Å²) in [6.45, 7) is 3.10. The standard InChI is InChI=1S/C17H20N2O4/c1-11-8-15(18-23-11)17(20)19-7-6-12(10-19)14-9-13(21-2)4-5-16(14)22-3/h4-5,8-9,12H,6-7,10H2,1-3H3. The fourth-order valence-electron chi connectivity index (χ4n) is 2.99. The van der Waals surface area contributed by atoms with Crippen molar-refractivity contribution in [3.8, 4) is 11.5 Å². The number of methoxy groups -OCH3 is 2. The molecule has 1 aliphatic rings. The summed E-state index contributed by atoms with van der Waals surface area (Å²) >= 11 is 0. The van der Waals surface area contributed by atoms with Crippen molar-refractivity contribution in [1.82, 2.24) is 10.1 Å². The number of ether oxygens (including phenoxy) is 2. The molecule has 1 saturated heterocycles. The van der Waals surface area contributed by atoms with Gasteiger partial charge >= 0.3 is 0 Å². The first-order valence-electron chi connectivity index (χ1n) is 7.57. The zero-order valence-electron chi connectivity index (χ0n) is 13.5. The van der Waals surface area contributed by atoms with Crippen LogP contribution in [-0.2, 0) is 0 Å². The molecule has 0 N–H and O–H groups in total. The van der Waals surface area contributed by atoms with Gasteiger partial charge in [0.05, 0.1) is 14.2 Å². The molecule has 1 unspecified atom stereocenters. The zero-order valence-corrected chi connectivity index (χ0v) is 13.5. The normalized spacial score (nSPS) is 17.3. The van der Waals surface area contributed by atoms with Gasteiger partial charge in [-0.1, -0.05) is 5.16 Å². The molecular weight excluding hydrogens is 296 g/mol. The number of aryl methyl sites for hydroxylation is 1. The molecule has 23 heavy (non-hydrogen) atoms. The van der Waals surface area contributed by atoms with E-state index in [2.05, 4.69) is 5.16 Å². The molecule has 1 aromatic heterocycles. The van der Waals surface area contributed by atoms with Gasteiger partial charge in [0.1, 0.15) is 17.3 Å². The Bertz CT molecular complexity index is 710. The summed E-state index contributed by atoms with van der Waals surface area (Å²) in [6.07, 6.45) is 0.881. The van der Waals surface area contributed by atoms with Crippen molar-refractivity contribution in [2.45, 2.75) is 19.3 Å². The smallest absolute Gasteiger partial charge is 0.276 e. The van der Waals surface area contributed by atoms with Gasteiger partial charge in [0.15, 0.2) is 5.69 Å². The number of carbonyl (C=O) groups excluding carboxylic acids is 1. The van der Waals surface area contributed by atoms with Crippen LogP contribution in [0.25, 0.3) is 0 Å². The Kier molecular flexibility index (Phi) is 4.23. The highest BCUT2D eigenvalue weighted by atomic mass is 16.5. The first-order chi connectivity index (χ1) is 11.1. The average Bonchev–Trinajstić information content (AvgIpc) is 3.22. The summed E-state index contributed by atoms with van der Waals surface area (Å²) < 4.78 is 15.7. The number of likely N-dealkylation sites (tertiary alicyclic amines) is 1. The second-order valence-electron chi connectivity index (χ2n) is 5.67. The average molecular weight is 316 g/mol. The number of carbonyl (C=O) groups is 1. The lowest BCUT2D eigenvalue weighted by Crippen LogP contribution is -2.28. The topological polar surface area (TPSA) is 64.8 Å². The number of amides is 1. The Balaban J connectivity index is 1.78. The van der Waals surface area contributed by atoms with Crippen LogP contribution >= 0.6 is 0 Å². The third kappa shape index (κ3) is 3.02. The van der Waals surface area contributed by atoms with Crippen molar-refractivity contribution in [3.05, 3.63) is 41.3 Å². The van der Waals surface area contributed by atoms with Crippen LogP contribution in [0.5, 0.6) is 11.5 Å². The van der Waals surface area contributed by atoms with Gasteiger partial charge in [0, 0.05) is 30.6 Å². The molecule has 1 aromatic carbocycles. The highest BCUT2D eigenvalue weighted by Gasteiger charge is 2.31. The number of hydrogen-bond acceptors (Lipinski definition) is 5. The van der Waals surface area contributed by atoms with E-state index in [0.29, 0.717) is 24.5 Å². The molecule has 0 aliphatic carbocycles. The summed E-state index contributed by atoms with van der Waals surface area (Å²) in [4.78, 5) is 14.3. The first-order valence-corrected chi connectivity index (χ1v) is 7.57. The highest BCUT2D eigenvalue weighted by molar-refractivity contribution is 5.92. The molecule has 1 aliphatic heterocycles. The van der Waals surface area contributed by atoms with Crippen LogP contribution in [0, 0.1) is 6.92 Å². The van der Waals surface area contributed by atoms with Crippen LogP contribution in [0.1, 0.15) is 34.2 Å². The van der Waals surface area contributed by atoms with Crippen LogP contribution in [0.2, 0.25) is 0 Å². The van der Waals surface area contributed by atoms with Crippen LogP contribution in [0.15, 0.2) is 28.8 Å². The van der Waals surface area contributed by atoms with E-state index in [1.807, 2.05) is 18.2 Å². The third-order valence-electron chi connectivity index (χ3n) is 4.20. The van der Waals surface area contributed by atoms with Crippen LogP contribution in [0.4, 0.5) is 0 Å². The predicted octanol–water partition coefficient (Wildman–Crippen LogP) is 2.63. The van der Waals surface area contributed by atoms with E-state index in [1.165, 1.54) is 0 Å². The summed E-state index contributed by atoms with van der Waals surface area (Å²) in [7, 11) is 3.30. The minimum Gasteiger partial charge on any atom is -0.497 e. The number of hydrogen-bond donors (Lipinski definition) is 0. The Labute approximate surface area is 135 Å². The SMILES string of the molecule is COc1ccc(OC)c(C2CCN(C(=O)c3cc(C)on3)C2)c1. The largest absolute Gasteiger partial charge is 0.497 e. The van der Waals surface area contributed by atoms with E-state index in [0.717, 1.165) is 23.5 Å². The van der Waals surface area contributed by atoms with Crippen molar-refractivity contribution in [3.63, 3.8) is 0 Å². The number of nitrogens with zero attached hydrogens (tertiary/aromatic N) is 2. The second kappa shape index (κ2) is 6.32. The number of rotatable bonds is 4. The molecule has 0 radical (unpaired) electrons. The summed E-state index contributed by atoms with van der Waals surface area (Å²) in [6, 6.07) is 7.43. The third-order valence-corrected chi connectivity index (χ3v) is 4.20. The van der Waals surface area contributed by atoms with E-state index in [1.54, 1.807) is 32.1 Å². The van der Waals surface area contributed by atoms with E-state index < -0.39 is 0 Å². The minimum absolute atomic E-state index is 0.0915. The van der Waals surface area contributed by atoms with E-state index >= 15 is 0 Å². The molecule has 0 spiro atoms. The maximum Gasteiger partial charge on any atom is 0.276 e. The van der Waals surface area contributed by atoms with Crippen molar-refractivity contribution < 1.29 is 18.8 Å². The van der Waals surface area contributed by atoms with Crippen LogP contribution < -0.4 is 9.47 Å². The van der Waals surface area contributed by atoms with E-state index in [4.69, 9.17) is 14.0 Å². The lowest BCUT2D eigenvalue weighted by atomic mass is 9.97. The lowest BCUT2D eigenvalue weighted by molar-refractivity contribution is 0.0780. The highest BCUT2D eigenvalue weighted by Crippen LogP contribution is 2.36. The van der Waals surface area contributed by atoms with E-state index in [-0.39, 0.29) is 11.8 Å². The summed E-state index contributed by atoms with van der Waals surface area (Å²) in [5.41, 5.74) is 1.43. The molecule has 2 aromatic rings. The Hall–Kier alpha value is -2.50. The van der Waals surface area contributed by atoms with Crippen LogP contribution in [0.3, 0.4) is 0 Å². The van der Waals surface area contributed by atoms with Gasteiger partial charge in [-0.05, 0) is 31.5 Å². The number of aromatic nitrogens is 1. The van der Waals surface area contributed by atoms with Gasteiger partial charge in [-0.15, -0.1) is 0 Å². The van der Waals surface area contributed by atoms with Crippen LogP contribution in [-0.4, -0.2) is 43.3 Å². The molecule has 2 heterocycles. The molecule has 6 heteroatoms. The number of benzene rings is 1. The van der Waals surface area contributed by atoms with Crippen molar-refractivity contribution in [1.29, 1.82) is 0 Å². The molecule has 0 saturated carbocycles. The van der Waals surface area contributed by atoms with Crippen molar-refractivity contribution >= 4 is 5.91 Å².